The van der Waals surface area contributed by atoms with Crippen molar-refractivity contribution in [2.75, 3.05) is 0 Å². The van der Waals surface area contributed by atoms with Crippen LogP contribution in [0.15, 0.2) is 21.8 Å². The van der Waals surface area contributed by atoms with E-state index < -0.39 is 0 Å². The van der Waals surface area contributed by atoms with Gasteiger partial charge in [-0.3, -0.25) is 0 Å². The topological polar surface area (TPSA) is 0 Å². The molecule has 0 N–H and O–H groups in total. The van der Waals surface area contributed by atoms with Crippen LogP contribution < -0.4 is 0 Å². The Morgan fingerprint density at radius 2 is 1.50 bits per heavy atom. The molecule has 76 valence electrons. The van der Waals surface area contributed by atoms with Gasteiger partial charge in [0.1, 0.15) is 0 Å². The molecule has 0 amide bonds. The summed E-state index contributed by atoms with van der Waals surface area (Å²) in [5.41, 5.74) is 0. The largest absolute Gasteiger partial charge is 0.141 e. The van der Waals surface area contributed by atoms with Gasteiger partial charge in [0.2, 0.25) is 0 Å². The fraction of sp³-hybridized carbons (Fsp3) is 0. The standard InChI is InChI=1S/C8H4Cl4S2/c1-2-14-8-6(12)4(10)3(9)5(11)7(8)13/h2,13H,1H2. The first-order valence-electron chi connectivity index (χ1n) is 3.33. The van der Waals surface area contributed by atoms with Crippen LogP contribution in [0.4, 0.5) is 0 Å². The molecule has 0 aliphatic heterocycles. The third kappa shape index (κ3) is 2.31. The van der Waals surface area contributed by atoms with E-state index in [4.69, 9.17) is 46.4 Å². The highest BCUT2D eigenvalue weighted by atomic mass is 35.5. The van der Waals surface area contributed by atoms with Crippen molar-refractivity contribution >= 4 is 70.8 Å². The fourth-order valence-corrected chi connectivity index (χ4v) is 2.99. The Bertz CT molecular complexity index is 360. The molecule has 0 aromatic heterocycles. The lowest BCUT2D eigenvalue weighted by atomic mass is 10.3. The average Bonchev–Trinajstić information content (AvgIpc) is 2.19. The molecule has 1 aromatic rings. The molecule has 0 atom stereocenters. The van der Waals surface area contributed by atoms with Gasteiger partial charge < -0.3 is 0 Å². The van der Waals surface area contributed by atoms with Crippen LogP contribution in [-0.4, -0.2) is 0 Å². The Morgan fingerprint density at radius 3 is 2.00 bits per heavy atom. The normalized spacial score (nSPS) is 10.4. The minimum atomic E-state index is 0.219. The first-order valence-corrected chi connectivity index (χ1v) is 6.17. The van der Waals surface area contributed by atoms with Crippen LogP contribution in [0.25, 0.3) is 0 Å². The summed E-state index contributed by atoms with van der Waals surface area (Å²) in [4.78, 5) is 1.17. The lowest BCUT2D eigenvalue weighted by Gasteiger charge is -2.10. The first-order chi connectivity index (χ1) is 6.50. The lowest BCUT2D eigenvalue weighted by Crippen LogP contribution is -1.83. The van der Waals surface area contributed by atoms with Crippen molar-refractivity contribution in [1.29, 1.82) is 0 Å². The Balaban J connectivity index is 3.50. The minimum absolute atomic E-state index is 0.219. The number of hydrogen-bond acceptors (Lipinski definition) is 2. The lowest BCUT2D eigenvalue weighted by molar-refractivity contribution is 1.26. The summed E-state index contributed by atoms with van der Waals surface area (Å²) in [6.07, 6.45) is 0. The molecule has 0 radical (unpaired) electrons. The van der Waals surface area contributed by atoms with Gasteiger partial charge in [-0.25, -0.2) is 0 Å². The molecule has 0 unspecified atom stereocenters. The molecular weight excluding hydrogens is 302 g/mol. The summed E-state index contributed by atoms with van der Waals surface area (Å²) in [5, 5.41) is 2.71. The van der Waals surface area contributed by atoms with E-state index in [-0.39, 0.29) is 10.0 Å². The van der Waals surface area contributed by atoms with Crippen molar-refractivity contribution in [1.82, 2.24) is 0 Å². The van der Waals surface area contributed by atoms with Crippen LogP contribution >= 0.6 is 70.8 Å². The number of halogens is 4. The van der Waals surface area contributed by atoms with Crippen LogP contribution in [0.5, 0.6) is 0 Å². The monoisotopic (exact) mass is 304 g/mol. The molecule has 0 aliphatic carbocycles. The SMILES string of the molecule is C=CSc1c(S)c(Cl)c(Cl)c(Cl)c1Cl. The molecule has 0 fully saturated rings. The van der Waals surface area contributed by atoms with Crippen molar-refractivity contribution < 1.29 is 0 Å². The molecule has 0 saturated carbocycles. The quantitative estimate of drug-likeness (QED) is 0.311. The summed E-state index contributed by atoms with van der Waals surface area (Å²) in [6, 6.07) is 0. The summed E-state index contributed by atoms with van der Waals surface area (Å²) >= 11 is 29.1. The van der Waals surface area contributed by atoms with Crippen LogP contribution in [0.1, 0.15) is 0 Å². The van der Waals surface area contributed by atoms with E-state index in [1.807, 2.05) is 0 Å². The molecule has 6 heteroatoms. The number of hydrogen-bond donors (Lipinski definition) is 1. The second-order valence-electron chi connectivity index (χ2n) is 2.22. The molecule has 1 rings (SSSR count). The van der Waals surface area contributed by atoms with E-state index in [2.05, 4.69) is 19.2 Å². The minimum Gasteiger partial charge on any atom is -0.141 e. The van der Waals surface area contributed by atoms with Gasteiger partial charge in [0.05, 0.1) is 20.1 Å². The van der Waals surface area contributed by atoms with Gasteiger partial charge in [-0.15, -0.1) is 12.6 Å². The highest BCUT2D eigenvalue weighted by Crippen LogP contribution is 2.47. The smallest absolute Gasteiger partial charge is 0.0806 e. The number of benzene rings is 1. The van der Waals surface area contributed by atoms with Gasteiger partial charge in [-0.2, -0.15) is 0 Å². The summed E-state index contributed by atoms with van der Waals surface area (Å²) in [7, 11) is 0. The Morgan fingerprint density at radius 1 is 1.00 bits per heavy atom. The van der Waals surface area contributed by atoms with E-state index in [0.717, 1.165) is 0 Å². The maximum absolute atomic E-state index is 5.96. The van der Waals surface area contributed by atoms with E-state index in [1.54, 1.807) is 5.41 Å². The summed E-state index contributed by atoms with van der Waals surface area (Å²) in [5.74, 6) is 0. The zero-order chi connectivity index (χ0) is 10.9. The highest BCUT2D eigenvalue weighted by Gasteiger charge is 2.17. The second-order valence-corrected chi connectivity index (χ2v) is 5.15. The molecule has 0 aliphatic rings. The van der Waals surface area contributed by atoms with Crippen molar-refractivity contribution in [3.8, 4) is 0 Å². The molecule has 0 saturated heterocycles. The average molecular weight is 306 g/mol. The summed E-state index contributed by atoms with van der Waals surface area (Å²) < 4.78 is 0. The van der Waals surface area contributed by atoms with Crippen LogP contribution in [0.3, 0.4) is 0 Å². The maximum atomic E-state index is 5.96. The molecule has 0 bridgehead atoms. The van der Waals surface area contributed by atoms with E-state index in [1.165, 1.54) is 11.8 Å². The fourth-order valence-electron chi connectivity index (χ4n) is 0.791. The Labute approximate surface area is 112 Å². The van der Waals surface area contributed by atoms with Gasteiger partial charge in [0, 0.05) is 9.79 Å². The molecule has 14 heavy (non-hydrogen) atoms. The van der Waals surface area contributed by atoms with E-state index in [9.17, 15) is 0 Å². The van der Waals surface area contributed by atoms with Crippen LogP contribution in [0.2, 0.25) is 20.1 Å². The third-order valence-corrected chi connectivity index (χ3v) is 4.86. The van der Waals surface area contributed by atoms with Crippen molar-refractivity contribution in [3.05, 3.63) is 32.1 Å². The van der Waals surface area contributed by atoms with Gasteiger partial charge in [0.25, 0.3) is 0 Å². The van der Waals surface area contributed by atoms with Gasteiger partial charge >= 0.3 is 0 Å². The molecule has 0 spiro atoms. The van der Waals surface area contributed by atoms with Crippen LogP contribution in [-0.2, 0) is 0 Å². The van der Waals surface area contributed by atoms with Crippen molar-refractivity contribution in [3.63, 3.8) is 0 Å². The predicted octanol–water partition coefficient (Wildman–Crippen LogP) is 5.82. The molecule has 0 heterocycles. The molecule has 0 nitrogen and oxygen atoms in total. The number of thiol groups is 1. The Kier molecular flexibility index (Phi) is 4.82. The van der Waals surface area contributed by atoms with E-state index in [0.29, 0.717) is 19.8 Å². The second kappa shape index (κ2) is 5.24. The van der Waals surface area contributed by atoms with Crippen molar-refractivity contribution in [2.45, 2.75) is 9.79 Å². The molecule has 1 aromatic carbocycles. The number of rotatable bonds is 2. The summed E-state index contributed by atoms with van der Waals surface area (Å²) in [6.45, 7) is 3.57. The molecular formula is C8H4Cl4S2. The zero-order valence-electron chi connectivity index (χ0n) is 6.65. The van der Waals surface area contributed by atoms with Gasteiger partial charge in [0.15, 0.2) is 0 Å². The van der Waals surface area contributed by atoms with Crippen LogP contribution in [0, 0.1) is 0 Å². The third-order valence-electron chi connectivity index (χ3n) is 1.40. The van der Waals surface area contributed by atoms with E-state index >= 15 is 0 Å². The zero-order valence-corrected chi connectivity index (χ0v) is 11.4. The maximum Gasteiger partial charge on any atom is 0.0806 e. The van der Waals surface area contributed by atoms with Gasteiger partial charge in [-0.1, -0.05) is 64.7 Å². The highest BCUT2D eigenvalue weighted by molar-refractivity contribution is 8.02. The first kappa shape index (κ1) is 12.9. The number of thioether (sulfide) groups is 1. The Hall–Kier alpha value is 0.820. The predicted molar refractivity (Wildman–Crippen MR) is 69.8 cm³/mol. The van der Waals surface area contributed by atoms with Gasteiger partial charge in [-0.05, 0) is 5.41 Å². The van der Waals surface area contributed by atoms with Crippen molar-refractivity contribution in [2.24, 2.45) is 0 Å².